The van der Waals surface area contributed by atoms with Gasteiger partial charge in [-0.05, 0) is 37.5 Å². The summed E-state index contributed by atoms with van der Waals surface area (Å²) in [5, 5.41) is 3.97. The number of hydrogen-bond acceptors (Lipinski definition) is 6. The van der Waals surface area contributed by atoms with Crippen LogP contribution in [0.3, 0.4) is 0 Å². The van der Waals surface area contributed by atoms with Crippen molar-refractivity contribution in [2.75, 3.05) is 20.3 Å². The summed E-state index contributed by atoms with van der Waals surface area (Å²) < 4.78 is 29.4. The van der Waals surface area contributed by atoms with Crippen molar-refractivity contribution in [1.29, 1.82) is 0 Å². The lowest BCUT2D eigenvalue weighted by atomic mass is 9.77. The van der Waals surface area contributed by atoms with Crippen molar-refractivity contribution in [1.82, 2.24) is 10.1 Å². The summed E-state index contributed by atoms with van der Waals surface area (Å²) in [5.41, 5.74) is 6.79. The first-order valence-corrected chi connectivity index (χ1v) is 7.61. The smallest absolute Gasteiger partial charge is 0.258 e. The van der Waals surface area contributed by atoms with E-state index in [2.05, 4.69) is 10.1 Å². The Morgan fingerprint density at radius 1 is 1.33 bits per heavy atom. The molecule has 0 saturated heterocycles. The van der Waals surface area contributed by atoms with E-state index in [1.165, 1.54) is 6.07 Å². The summed E-state index contributed by atoms with van der Waals surface area (Å²) in [7, 11) is 1.59. The number of methoxy groups -OCH3 is 1. The van der Waals surface area contributed by atoms with Crippen molar-refractivity contribution in [3.63, 3.8) is 0 Å². The van der Waals surface area contributed by atoms with Gasteiger partial charge in [-0.1, -0.05) is 5.16 Å². The maximum absolute atomic E-state index is 13.9. The van der Waals surface area contributed by atoms with E-state index in [0.29, 0.717) is 36.1 Å². The first-order chi connectivity index (χ1) is 11.1. The summed E-state index contributed by atoms with van der Waals surface area (Å²) in [6.45, 7) is 1.03. The molecule has 1 aromatic heterocycles. The number of halogens is 2. The zero-order chi connectivity index (χ0) is 16.3. The van der Waals surface area contributed by atoms with Crippen LogP contribution in [0.25, 0.3) is 11.5 Å². The van der Waals surface area contributed by atoms with Crippen LogP contribution in [0, 0.1) is 5.82 Å². The molecule has 132 valence electrons. The summed E-state index contributed by atoms with van der Waals surface area (Å²) in [6, 6.07) is 4.63. The van der Waals surface area contributed by atoms with Gasteiger partial charge in [0.05, 0.1) is 25.4 Å². The van der Waals surface area contributed by atoms with Crippen molar-refractivity contribution < 1.29 is 18.4 Å². The molecule has 0 amide bonds. The molecule has 1 heterocycles. The molecule has 0 radical (unpaired) electrons. The van der Waals surface area contributed by atoms with Gasteiger partial charge in [0.25, 0.3) is 5.89 Å². The Bertz CT molecular complexity index is 676. The fourth-order valence-electron chi connectivity index (χ4n) is 2.47. The van der Waals surface area contributed by atoms with E-state index >= 15 is 0 Å². The van der Waals surface area contributed by atoms with E-state index in [0.717, 1.165) is 19.3 Å². The van der Waals surface area contributed by atoms with E-state index in [1.807, 2.05) is 0 Å². The highest BCUT2D eigenvalue weighted by molar-refractivity contribution is 5.85. The predicted molar refractivity (Wildman–Crippen MR) is 88.2 cm³/mol. The van der Waals surface area contributed by atoms with Gasteiger partial charge >= 0.3 is 0 Å². The highest BCUT2D eigenvalue weighted by atomic mass is 35.5. The topological polar surface area (TPSA) is 83.4 Å². The molecule has 3 rings (SSSR count). The average Bonchev–Trinajstić information content (AvgIpc) is 3.01. The number of nitrogens with zero attached hydrogens (tertiary/aromatic N) is 2. The Morgan fingerprint density at radius 3 is 2.79 bits per heavy atom. The SMILES string of the molecule is COCCOCc1cc(-c2nc(C3(N)CCC3)no2)ccc1F.Cl. The molecule has 0 unspecified atom stereocenters. The Labute approximate surface area is 145 Å². The Balaban J connectivity index is 0.00000208. The Hall–Kier alpha value is -1.54. The lowest BCUT2D eigenvalue weighted by Gasteiger charge is -2.34. The van der Waals surface area contributed by atoms with E-state index < -0.39 is 5.54 Å². The van der Waals surface area contributed by atoms with Gasteiger partial charge in [0.2, 0.25) is 0 Å². The number of hydrogen-bond donors (Lipinski definition) is 1. The fraction of sp³-hybridized carbons (Fsp3) is 0.500. The van der Waals surface area contributed by atoms with E-state index in [4.69, 9.17) is 19.7 Å². The zero-order valence-electron chi connectivity index (χ0n) is 13.5. The normalized spacial score (nSPS) is 15.6. The van der Waals surface area contributed by atoms with Crippen molar-refractivity contribution in [3.8, 4) is 11.5 Å². The predicted octanol–water partition coefficient (Wildman–Crippen LogP) is 2.80. The molecule has 1 aliphatic carbocycles. The molecule has 1 aliphatic rings. The largest absolute Gasteiger partial charge is 0.382 e. The van der Waals surface area contributed by atoms with Crippen molar-refractivity contribution in [2.45, 2.75) is 31.4 Å². The van der Waals surface area contributed by atoms with Crippen LogP contribution < -0.4 is 5.73 Å². The minimum Gasteiger partial charge on any atom is -0.382 e. The van der Waals surface area contributed by atoms with Crippen molar-refractivity contribution in [3.05, 3.63) is 35.4 Å². The quantitative estimate of drug-likeness (QED) is 0.767. The molecule has 2 aromatic rings. The van der Waals surface area contributed by atoms with Crippen molar-refractivity contribution >= 4 is 12.4 Å². The fourth-order valence-corrected chi connectivity index (χ4v) is 2.47. The Morgan fingerprint density at radius 2 is 2.12 bits per heavy atom. The molecule has 1 saturated carbocycles. The second-order valence-corrected chi connectivity index (χ2v) is 5.78. The van der Waals surface area contributed by atoms with Crippen LogP contribution in [0.15, 0.2) is 22.7 Å². The first kappa shape index (κ1) is 18.8. The third kappa shape index (κ3) is 3.92. The molecule has 8 heteroatoms. The molecule has 0 aliphatic heterocycles. The summed E-state index contributed by atoms with van der Waals surface area (Å²) in [5.74, 6) is 0.524. The second-order valence-electron chi connectivity index (χ2n) is 5.78. The standard InChI is InChI=1S/C16H20FN3O3.ClH/c1-21-7-8-22-10-12-9-11(3-4-13(12)17)14-19-15(20-23-14)16(18)5-2-6-16;/h3-4,9H,2,5-8,10,18H2,1H3;1H. The van der Waals surface area contributed by atoms with Gasteiger partial charge in [0.15, 0.2) is 5.82 Å². The maximum Gasteiger partial charge on any atom is 0.258 e. The highest BCUT2D eigenvalue weighted by Crippen LogP contribution is 2.37. The van der Waals surface area contributed by atoms with Crippen LogP contribution in [0.5, 0.6) is 0 Å². The molecule has 1 aromatic carbocycles. The van der Waals surface area contributed by atoms with Gasteiger partial charge in [-0.15, -0.1) is 12.4 Å². The van der Waals surface area contributed by atoms with Crippen LogP contribution in [0.1, 0.15) is 30.7 Å². The Kier molecular flexibility index (Phi) is 6.28. The summed E-state index contributed by atoms with van der Waals surface area (Å²) in [4.78, 5) is 4.37. The van der Waals surface area contributed by atoms with E-state index in [1.54, 1.807) is 19.2 Å². The van der Waals surface area contributed by atoms with Crippen molar-refractivity contribution in [2.24, 2.45) is 5.73 Å². The number of nitrogens with two attached hydrogens (primary N) is 1. The molecular weight excluding hydrogens is 337 g/mol. The average molecular weight is 358 g/mol. The van der Waals surface area contributed by atoms with Gasteiger partial charge in [-0.2, -0.15) is 4.98 Å². The molecule has 1 fully saturated rings. The lowest BCUT2D eigenvalue weighted by Crippen LogP contribution is -2.44. The van der Waals surface area contributed by atoms with Gasteiger partial charge in [0, 0.05) is 18.2 Å². The first-order valence-electron chi connectivity index (χ1n) is 7.61. The van der Waals surface area contributed by atoms with E-state index in [-0.39, 0.29) is 24.8 Å². The van der Waals surface area contributed by atoms with Gasteiger partial charge in [-0.25, -0.2) is 4.39 Å². The summed E-state index contributed by atoms with van der Waals surface area (Å²) in [6.07, 6.45) is 2.78. The molecule has 24 heavy (non-hydrogen) atoms. The highest BCUT2D eigenvalue weighted by Gasteiger charge is 2.39. The lowest BCUT2D eigenvalue weighted by molar-refractivity contribution is 0.0604. The van der Waals surface area contributed by atoms with Crippen LogP contribution in [-0.2, 0) is 21.6 Å². The minimum absolute atomic E-state index is 0. The number of benzene rings is 1. The van der Waals surface area contributed by atoms with Crippen LogP contribution in [0.2, 0.25) is 0 Å². The molecule has 6 nitrogen and oxygen atoms in total. The third-order valence-electron chi connectivity index (χ3n) is 4.10. The number of rotatable bonds is 7. The molecule has 0 spiro atoms. The zero-order valence-corrected chi connectivity index (χ0v) is 14.3. The van der Waals surface area contributed by atoms with Gasteiger partial charge < -0.3 is 19.7 Å². The van der Waals surface area contributed by atoms with E-state index in [9.17, 15) is 4.39 Å². The number of aromatic nitrogens is 2. The van der Waals surface area contributed by atoms with Crippen LogP contribution >= 0.6 is 12.4 Å². The van der Waals surface area contributed by atoms with Gasteiger partial charge in [0.1, 0.15) is 5.82 Å². The molecule has 2 N–H and O–H groups in total. The van der Waals surface area contributed by atoms with Crippen LogP contribution in [-0.4, -0.2) is 30.5 Å². The van der Waals surface area contributed by atoms with Gasteiger partial charge in [-0.3, -0.25) is 0 Å². The summed E-state index contributed by atoms with van der Waals surface area (Å²) >= 11 is 0. The monoisotopic (exact) mass is 357 g/mol. The third-order valence-corrected chi connectivity index (χ3v) is 4.10. The second kappa shape index (κ2) is 8.02. The number of ether oxygens (including phenoxy) is 2. The molecule has 0 bridgehead atoms. The molecule has 0 atom stereocenters. The minimum atomic E-state index is -0.478. The van der Waals surface area contributed by atoms with Crippen LogP contribution in [0.4, 0.5) is 4.39 Å². The maximum atomic E-state index is 13.9. The molecular formula is C16H21ClFN3O3.